The third-order valence-corrected chi connectivity index (χ3v) is 2.20. The number of nitrogens with one attached hydrogen (secondary N) is 1. The molecule has 1 rings (SSSR count). The highest BCUT2D eigenvalue weighted by atomic mass is 16.6. The fourth-order valence-corrected chi connectivity index (χ4v) is 1.51. The zero-order valence-electron chi connectivity index (χ0n) is 11.6. The van der Waals surface area contributed by atoms with Gasteiger partial charge in [0.05, 0.1) is 18.4 Å². The van der Waals surface area contributed by atoms with Crippen molar-refractivity contribution in [1.82, 2.24) is 0 Å². The van der Waals surface area contributed by atoms with Crippen LogP contribution in [0.4, 0.5) is 5.69 Å². The van der Waals surface area contributed by atoms with E-state index in [1.54, 1.807) is 39.0 Å². The van der Waals surface area contributed by atoms with Crippen molar-refractivity contribution in [2.24, 2.45) is 0 Å². The van der Waals surface area contributed by atoms with Gasteiger partial charge < -0.3 is 14.8 Å². The van der Waals surface area contributed by atoms with E-state index in [0.717, 1.165) is 0 Å². The summed E-state index contributed by atoms with van der Waals surface area (Å²) in [6, 6.07) is 7.14. The molecule has 1 aromatic carbocycles. The summed E-state index contributed by atoms with van der Waals surface area (Å²) in [5.41, 5.74) is 0.388. The van der Waals surface area contributed by atoms with Crippen molar-refractivity contribution in [3.8, 4) is 11.8 Å². The van der Waals surface area contributed by atoms with Crippen LogP contribution >= 0.6 is 0 Å². The average Bonchev–Trinajstić information content (AvgIpc) is 2.33. The van der Waals surface area contributed by atoms with Crippen molar-refractivity contribution in [3.63, 3.8) is 0 Å². The van der Waals surface area contributed by atoms with Gasteiger partial charge in [-0.3, -0.25) is 4.79 Å². The van der Waals surface area contributed by atoms with E-state index in [0.29, 0.717) is 17.0 Å². The summed E-state index contributed by atoms with van der Waals surface area (Å²) in [5, 5.41) is 11.9. The second-order valence-corrected chi connectivity index (χ2v) is 4.93. The molecule has 0 aliphatic rings. The van der Waals surface area contributed by atoms with Crippen molar-refractivity contribution >= 4 is 11.7 Å². The van der Waals surface area contributed by atoms with Crippen LogP contribution in [0.1, 0.15) is 26.3 Å². The molecule has 0 saturated heterocycles. The summed E-state index contributed by atoms with van der Waals surface area (Å²) in [6.07, 6.45) is 0. The van der Waals surface area contributed by atoms with E-state index in [1.807, 2.05) is 6.07 Å². The highest BCUT2D eigenvalue weighted by Gasteiger charge is 2.17. The van der Waals surface area contributed by atoms with Gasteiger partial charge >= 0.3 is 5.97 Å². The molecule has 0 bridgehead atoms. The van der Waals surface area contributed by atoms with Crippen LogP contribution in [0, 0.1) is 11.3 Å². The minimum atomic E-state index is -0.530. The molecule has 0 radical (unpaired) electrons. The standard InChI is InChI=1S/C14H18N2O3/c1-14(2,3)19-12(17)9-16-13-10(8-15)6-5-7-11(13)18-4/h5-7,16H,9H2,1-4H3. The van der Waals surface area contributed by atoms with E-state index in [1.165, 1.54) is 7.11 Å². The Morgan fingerprint density at radius 2 is 2.11 bits per heavy atom. The van der Waals surface area contributed by atoms with Gasteiger partial charge in [-0.2, -0.15) is 5.26 Å². The molecule has 0 heterocycles. The first-order chi connectivity index (χ1) is 8.87. The highest BCUT2D eigenvalue weighted by molar-refractivity contribution is 5.78. The molecule has 0 unspecified atom stereocenters. The van der Waals surface area contributed by atoms with Crippen molar-refractivity contribution in [3.05, 3.63) is 23.8 Å². The molecule has 0 saturated carbocycles. The van der Waals surface area contributed by atoms with E-state index in [-0.39, 0.29) is 12.5 Å². The highest BCUT2D eigenvalue weighted by Crippen LogP contribution is 2.27. The molecule has 19 heavy (non-hydrogen) atoms. The normalized spacial score (nSPS) is 10.5. The van der Waals surface area contributed by atoms with E-state index < -0.39 is 5.60 Å². The number of nitrogens with zero attached hydrogens (tertiary/aromatic N) is 1. The number of carbonyl (C=O) groups is 1. The molecule has 5 heteroatoms. The molecule has 1 aromatic rings. The smallest absolute Gasteiger partial charge is 0.325 e. The minimum Gasteiger partial charge on any atom is -0.495 e. The largest absolute Gasteiger partial charge is 0.495 e. The molecule has 102 valence electrons. The van der Waals surface area contributed by atoms with Crippen LogP contribution in [-0.2, 0) is 9.53 Å². The Bertz CT molecular complexity index is 498. The molecule has 5 nitrogen and oxygen atoms in total. The fourth-order valence-electron chi connectivity index (χ4n) is 1.51. The molecule has 0 aliphatic heterocycles. The Morgan fingerprint density at radius 1 is 1.42 bits per heavy atom. The average molecular weight is 262 g/mol. The summed E-state index contributed by atoms with van der Waals surface area (Å²) in [6.45, 7) is 5.38. The van der Waals surface area contributed by atoms with Crippen molar-refractivity contribution in [2.75, 3.05) is 19.0 Å². The monoisotopic (exact) mass is 262 g/mol. The van der Waals surface area contributed by atoms with Crippen LogP contribution in [0.5, 0.6) is 5.75 Å². The minimum absolute atomic E-state index is 0.0215. The number of esters is 1. The first-order valence-electron chi connectivity index (χ1n) is 5.90. The van der Waals surface area contributed by atoms with Crippen molar-refractivity contribution < 1.29 is 14.3 Å². The maximum absolute atomic E-state index is 11.6. The first kappa shape index (κ1) is 14.8. The number of benzene rings is 1. The van der Waals surface area contributed by atoms with Gasteiger partial charge in [0.25, 0.3) is 0 Å². The SMILES string of the molecule is COc1cccc(C#N)c1NCC(=O)OC(C)(C)C. The third-order valence-electron chi connectivity index (χ3n) is 2.20. The van der Waals surface area contributed by atoms with Crippen molar-refractivity contribution in [1.29, 1.82) is 5.26 Å². The topological polar surface area (TPSA) is 71.3 Å². The summed E-state index contributed by atoms with van der Waals surface area (Å²) < 4.78 is 10.3. The number of para-hydroxylation sites is 1. The molecule has 0 atom stereocenters. The number of rotatable bonds is 4. The van der Waals surface area contributed by atoms with Gasteiger partial charge in [0.2, 0.25) is 0 Å². The number of ether oxygens (including phenoxy) is 2. The van der Waals surface area contributed by atoms with Gasteiger partial charge in [-0.1, -0.05) is 6.07 Å². The molecular formula is C14H18N2O3. The van der Waals surface area contributed by atoms with Gasteiger partial charge in [0.15, 0.2) is 0 Å². The molecule has 0 amide bonds. The van der Waals surface area contributed by atoms with Crippen molar-refractivity contribution in [2.45, 2.75) is 26.4 Å². The number of hydrogen-bond donors (Lipinski definition) is 1. The van der Waals surface area contributed by atoms with Gasteiger partial charge in [-0.15, -0.1) is 0 Å². The molecule has 0 aliphatic carbocycles. The maximum Gasteiger partial charge on any atom is 0.325 e. The maximum atomic E-state index is 11.6. The van der Waals surface area contributed by atoms with E-state index in [4.69, 9.17) is 14.7 Å². The summed E-state index contributed by atoms with van der Waals surface area (Å²) in [4.78, 5) is 11.6. The van der Waals surface area contributed by atoms with E-state index >= 15 is 0 Å². The summed E-state index contributed by atoms with van der Waals surface area (Å²) >= 11 is 0. The lowest BCUT2D eigenvalue weighted by Crippen LogP contribution is -2.28. The Morgan fingerprint density at radius 3 is 2.63 bits per heavy atom. The molecule has 0 aromatic heterocycles. The van der Waals surface area contributed by atoms with Crippen LogP contribution in [0.15, 0.2) is 18.2 Å². The zero-order chi connectivity index (χ0) is 14.5. The Labute approximate surface area is 113 Å². The van der Waals surface area contributed by atoms with Gasteiger partial charge in [0, 0.05) is 0 Å². The molecule has 0 spiro atoms. The number of nitriles is 1. The predicted molar refractivity (Wildman–Crippen MR) is 72.0 cm³/mol. The number of anilines is 1. The van der Waals surface area contributed by atoms with Gasteiger partial charge in [-0.05, 0) is 32.9 Å². The number of methoxy groups -OCH3 is 1. The summed E-state index contributed by atoms with van der Waals surface area (Å²) in [7, 11) is 1.51. The summed E-state index contributed by atoms with van der Waals surface area (Å²) in [5.74, 6) is 0.130. The predicted octanol–water partition coefficient (Wildman–Crippen LogP) is 2.32. The Kier molecular flexibility index (Phi) is 4.76. The quantitative estimate of drug-likeness (QED) is 0.843. The lowest BCUT2D eigenvalue weighted by atomic mass is 10.1. The second-order valence-electron chi connectivity index (χ2n) is 4.93. The van der Waals surface area contributed by atoms with Gasteiger partial charge in [-0.25, -0.2) is 0 Å². The zero-order valence-corrected chi connectivity index (χ0v) is 11.6. The first-order valence-corrected chi connectivity index (χ1v) is 5.90. The van der Waals surface area contributed by atoms with Crippen LogP contribution in [-0.4, -0.2) is 25.2 Å². The number of carbonyl (C=O) groups excluding carboxylic acids is 1. The van der Waals surface area contributed by atoms with Crippen LogP contribution < -0.4 is 10.1 Å². The second kappa shape index (κ2) is 6.10. The van der Waals surface area contributed by atoms with Crippen LogP contribution in [0.25, 0.3) is 0 Å². The number of hydrogen-bond acceptors (Lipinski definition) is 5. The van der Waals surface area contributed by atoms with Crippen LogP contribution in [0.3, 0.4) is 0 Å². The molecular weight excluding hydrogens is 244 g/mol. The van der Waals surface area contributed by atoms with Crippen LogP contribution in [0.2, 0.25) is 0 Å². The molecule has 1 N–H and O–H groups in total. The lowest BCUT2D eigenvalue weighted by molar-refractivity contribution is -0.152. The Balaban J connectivity index is 2.78. The lowest BCUT2D eigenvalue weighted by Gasteiger charge is -2.20. The van der Waals surface area contributed by atoms with E-state index in [2.05, 4.69) is 5.32 Å². The van der Waals surface area contributed by atoms with Gasteiger partial charge in [0.1, 0.15) is 24.0 Å². The van der Waals surface area contributed by atoms with E-state index in [9.17, 15) is 4.79 Å². The fraction of sp³-hybridized carbons (Fsp3) is 0.429. The third kappa shape index (κ3) is 4.51. The molecule has 0 fully saturated rings. The Hall–Kier alpha value is -2.22.